The minimum Gasteiger partial charge on any atom is -0.452 e. The molecule has 1 amide bonds. The molecule has 146 valence electrons. The zero-order valence-corrected chi connectivity index (χ0v) is 15.8. The molecule has 0 aliphatic carbocycles. The SMILES string of the molecule is CN(C)S(=O)(=O)c1ccc(F)c(C(=O)OCC(=O)Nc2cccc(C#N)c2)c1. The number of anilines is 1. The number of hydrogen-bond acceptors (Lipinski definition) is 6. The average Bonchev–Trinajstić information content (AvgIpc) is 2.66. The summed E-state index contributed by atoms with van der Waals surface area (Å²) >= 11 is 0. The van der Waals surface area contributed by atoms with Crippen molar-refractivity contribution < 1.29 is 27.1 Å². The highest BCUT2D eigenvalue weighted by atomic mass is 32.2. The van der Waals surface area contributed by atoms with E-state index in [1.54, 1.807) is 12.1 Å². The summed E-state index contributed by atoms with van der Waals surface area (Å²) in [7, 11) is -1.29. The molecule has 2 rings (SSSR count). The van der Waals surface area contributed by atoms with Gasteiger partial charge < -0.3 is 10.1 Å². The van der Waals surface area contributed by atoms with Crippen molar-refractivity contribution in [2.75, 3.05) is 26.0 Å². The van der Waals surface area contributed by atoms with Crippen LogP contribution < -0.4 is 5.32 Å². The molecule has 0 aliphatic rings. The number of rotatable bonds is 6. The molecule has 8 nitrogen and oxygen atoms in total. The highest BCUT2D eigenvalue weighted by Gasteiger charge is 2.22. The van der Waals surface area contributed by atoms with Crippen molar-refractivity contribution in [2.45, 2.75) is 4.90 Å². The Balaban J connectivity index is 2.08. The quantitative estimate of drug-likeness (QED) is 0.732. The van der Waals surface area contributed by atoms with Gasteiger partial charge in [-0.3, -0.25) is 4.79 Å². The maximum atomic E-state index is 13.9. The van der Waals surface area contributed by atoms with E-state index in [1.165, 1.54) is 26.2 Å². The molecular weight excluding hydrogens is 389 g/mol. The first kappa shape index (κ1) is 21.0. The largest absolute Gasteiger partial charge is 0.452 e. The van der Waals surface area contributed by atoms with E-state index in [-0.39, 0.29) is 4.90 Å². The van der Waals surface area contributed by atoms with Crippen molar-refractivity contribution in [3.8, 4) is 6.07 Å². The lowest BCUT2D eigenvalue weighted by Gasteiger charge is -2.12. The van der Waals surface area contributed by atoms with E-state index in [0.717, 1.165) is 22.5 Å². The van der Waals surface area contributed by atoms with Crippen LogP contribution in [0.5, 0.6) is 0 Å². The molecule has 2 aromatic carbocycles. The zero-order valence-electron chi connectivity index (χ0n) is 15.0. The Morgan fingerprint density at radius 1 is 1.21 bits per heavy atom. The lowest BCUT2D eigenvalue weighted by molar-refractivity contribution is -0.119. The van der Waals surface area contributed by atoms with Crippen LogP contribution in [0.3, 0.4) is 0 Å². The van der Waals surface area contributed by atoms with Crippen LogP contribution in [0.2, 0.25) is 0 Å². The van der Waals surface area contributed by atoms with E-state index in [2.05, 4.69) is 5.32 Å². The number of esters is 1. The van der Waals surface area contributed by atoms with Gasteiger partial charge in [0.2, 0.25) is 10.0 Å². The molecule has 0 spiro atoms. The number of carbonyl (C=O) groups excluding carboxylic acids is 2. The first-order valence-electron chi connectivity index (χ1n) is 7.84. The third-order valence-electron chi connectivity index (χ3n) is 3.55. The van der Waals surface area contributed by atoms with Crippen molar-refractivity contribution in [1.82, 2.24) is 4.31 Å². The summed E-state index contributed by atoms with van der Waals surface area (Å²) < 4.78 is 43.8. The Bertz CT molecular complexity index is 1060. The Morgan fingerprint density at radius 3 is 2.57 bits per heavy atom. The van der Waals surface area contributed by atoms with Crippen molar-refractivity contribution in [3.05, 3.63) is 59.4 Å². The van der Waals surface area contributed by atoms with Crippen LogP contribution in [0, 0.1) is 17.1 Å². The van der Waals surface area contributed by atoms with Gasteiger partial charge in [0.1, 0.15) is 5.82 Å². The lowest BCUT2D eigenvalue weighted by Crippen LogP contribution is -2.23. The number of nitrogens with one attached hydrogen (secondary N) is 1. The van der Waals surface area contributed by atoms with Gasteiger partial charge in [0, 0.05) is 19.8 Å². The molecule has 10 heteroatoms. The first-order valence-corrected chi connectivity index (χ1v) is 9.28. The molecule has 28 heavy (non-hydrogen) atoms. The number of nitrogens with zero attached hydrogens (tertiary/aromatic N) is 2. The number of benzene rings is 2. The van der Waals surface area contributed by atoms with Crippen molar-refractivity contribution in [2.24, 2.45) is 0 Å². The second kappa shape index (κ2) is 8.60. The number of nitriles is 1. The number of amides is 1. The Morgan fingerprint density at radius 2 is 1.93 bits per heavy atom. The van der Waals surface area contributed by atoms with E-state index < -0.39 is 39.9 Å². The minimum atomic E-state index is -3.88. The predicted molar refractivity (Wildman–Crippen MR) is 97.3 cm³/mol. The van der Waals surface area contributed by atoms with Crippen LogP contribution in [-0.4, -0.2) is 45.3 Å². The Labute approximate surface area is 161 Å². The summed E-state index contributed by atoms with van der Waals surface area (Å²) in [5.41, 5.74) is 0.0448. The van der Waals surface area contributed by atoms with Crippen LogP contribution in [0.4, 0.5) is 10.1 Å². The third kappa shape index (κ3) is 4.91. The van der Waals surface area contributed by atoms with E-state index in [1.807, 2.05) is 6.07 Å². The fraction of sp³-hybridized carbons (Fsp3) is 0.167. The molecule has 0 atom stereocenters. The molecule has 0 aromatic heterocycles. The summed E-state index contributed by atoms with van der Waals surface area (Å²) in [4.78, 5) is 23.7. The minimum absolute atomic E-state index is 0.288. The molecule has 0 bridgehead atoms. The number of carbonyl (C=O) groups is 2. The van der Waals surface area contributed by atoms with Gasteiger partial charge >= 0.3 is 5.97 Å². The van der Waals surface area contributed by atoms with Crippen LogP contribution in [0.25, 0.3) is 0 Å². The van der Waals surface area contributed by atoms with Gasteiger partial charge in [0.15, 0.2) is 6.61 Å². The van der Waals surface area contributed by atoms with Crippen molar-refractivity contribution >= 4 is 27.6 Å². The summed E-state index contributed by atoms with van der Waals surface area (Å²) in [5, 5.41) is 11.2. The fourth-order valence-corrected chi connectivity index (χ4v) is 3.03. The standard InChI is InChI=1S/C18H16FN3O5S/c1-22(2)28(25,26)14-6-7-16(19)15(9-14)18(24)27-11-17(23)21-13-5-3-4-12(8-13)10-20/h3-9H,11H2,1-2H3,(H,21,23). The Kier molecular flexibility index (Phi) is 6.45. The topological polar surface area (TPSA) is 117 Å². The van der Waals surface area contributed by atoms with Crippen LogP contribution in [0.1, 0.15) is 15.9 Å². The number of ether oxygens (including phenoxy) is 1. The summed E-state index contributed by atoms with van der Waals surface area (Å²) in [6.07, 6.45) is 0. The van der Waals surface area contributed by atoms with Crippen LogP contribution in [-0.2, 0) is 19.6 Å². The third-order valence-corrected chi connectivity index (χ3v) is 5.36. The second-order valence-electron chi connectivity index (χ2n) is 5.75. The molecule has 0 aliphatic heterocycles. The Hall–Kier alpha value is -3.29. The first-order chi connectivity index (χ1) is 13.1. The van der Waals surface area contributed by atoms with Gasteiger partial charge in [-0.15, -0.1) is 0 Å². The van der Waals surface area contributed by atoms with E-state index in [4.69, 9.17) is 10.00 Å². The molecule has 0 heterocycles. The van der Waals surface area contributed by atoms with Gasteiger partial charge in [-0.2, -0.15) is 5.26 Å². The zero-order chi connectivity index (χ0) is 20.9. The van der Waals surface area contributed by atoms with Gasteiger partial charge in [-0.05, 0) is 36.4 Å². The molecule has 0 saturated heterocycles. The van der Waals surface area contributed by atoms with Gasteiger partial charge in [0.25, 0.3) is 5.91 Å². The van der Waals surface area contributed by atoms with Crippen molar-refractivity contribution in [3.63, 3.8) is 0 Å². The second-order valence-corrected chi connectivity index (χ2v) is 7.90. The number of halogens is 1. The average molecular weight is 405 g/mol. The highest BCUT2D eigenvalue weighted by Crippen LogP contribution is 2.18. The summed E-state index contributed by atoms with van der Waals surface area (Å²) in [6.45, 7) is -0.723. The molecule has 1 N–H and O–H groups in total. The van der Waals surface area contributed by atoms with Gasteiger partial charge in [-0.25, -0.2) is 21.9 Å². The molecule has 0 unspecified atom stereocenters. The van der Waals surface area contributed by atoms with Gasteiger partial charge in [0.05, 0.1) is 22.1 Å². The van der Waals surface area contributed by atoms with Crippen molar-refractivity contribution in [1.29, 1.82) is 5.26 Å². The molecule has 0 saturated carbocycles. The summed E-state index contributed by atoms with van der Waals surface area (Å²) in [5.74, 6) is -2.88. The smallest absolute Gasteiger partial charge is 0.341 e. The molecule has 0 fully saturated rings. The number of hydrogen-bond donors (Lipinski definition) is 1. The van der Waals surface area contributed by atoms with Crippen LogP contribution >= 0.6 is 0 Å². The molecule has 2 aromatic rings. The molecule has 0 radical (unpaired) electrons. The van der Waals surface area contributed by atoms with E-state index in [9.17, 15) is 22.4 Å². The summed E-state index contributed by atoms with van der Waals surface area (Å²) in [6, 6.07) is 10.7. The van der Waals surface area contributed by atoms with E-state index in [0.29, 0.717) is 11.3 Å². The number of sulfonamides is 1. The fourth-order valence-electron chi connectivity index (χ4n) is 2.10. The monoisotopic (exact) mass is 405 g/mol. The maximum Gasteiger partial charge on any atom is 0.341 e. The normalized spacial score (nSPS) is 11.0. The highest BCUT2D eigenvalue weighted by molar-refractivity contribution is 7.89. The maximum absolute atomic E-state index is 13.9. The van der Waals surface area contributed by atoms with E-state index >= 15 is 0 Å². The predicted octanol–water partition coefficient (Wildman–Crippen LogP) is 1.74. The molecular formula is C18H16FN3O5S. The van der Waals surface area contributed by atoms with Crippen LogP contribution in [0.15, 0.2) is 47.4 Å². The lowest BCUT2D eigenvalue weighted by atomic mass is 10.2. The van der Waals surface area contributed by atoms with Gasteiger partial charge in [-0.1, -0.05) is 6.07 Å².